The van der Waals surface area contributed by atoms with Gasteiger partial charge in [-0.15, -0.1) is 0 Å². The Morgan fingerprint density at radius 1 is 1.47 bits per heavy atom. The van der Waals surface area contributed by atoms with Gasteiger partial charge in [0.1, 0.15) is 4.90 Å². The van der Waals surface area contributed by atoms with E-state index in [-0.39, 0.29) is 15.5 Å². The molecular formula is C8H8ClNO4S. The maximum Gasteiger partial charge on any atom is 0.339 e. The number of hydrogen-bond donors (Lipinski definition) is 1. The number of methoxy groups -OCH3 is 1. The molecule has 0 aromatic heterocycles. The standard InChI is InChI=1S/C8H8ClNO4S/c1-14-8(11)5-3-2-4-6(7(5)9)15(10,12)13/h2-4H,1H3,(H2,10,12,13). The van der Waals surface area contributed by atoms with Crippen molar-refractivity contribution in [3.63, 3.8) is 0 Å². The SMILES string of the molecule is COC(=O)c1cccc(S(N)(=O)=O)c1Cl. The summed E-state index contributed by atoms with van der Waals surface area (Å²) in [5.74, 6) is -0.717. The van der Waals surface area contributed by atoms with E-state index in [0.717, 1.165) is 0 Å². The number of carbonyl (C=O) groups excluding carboxylic acids is 1. The Bertz CT molecular complexity index is 497. The molecular weight excluding hydrogens is 242 g/mol. The maximum absolute atomic E-state index is 11.2. The first-order chi connectivity index (χ1) is 6.88. The molecule has 0 aliphatic rings. The van der Waals surface area contributed by atoms with E-state index in [1.54, 1.807) is 0 Å². The van der Waals surface area contributed by atoms with Gasteiger partial charge in [-0.2, -0.15) is 0 Å². The molecule has 0 aliphatic heterocycles. The van der Waals surface area contributed by atoms with Gasteiger partial charge in [0.25, 0.3) is 0 Å². The average Bonchev–Trinajstić information content (AvgIpc) is 2.15. The first-order valence-corrected chi connectivity index (χ1v) is 5.70. The van der Waals surface area contributed by atoms with E-state index >= 15 is 0 Å². The zero-order valence-electron chi connectivity index (χ0n) is 7.73. The number of sulfonamides is 1. The van der Waals surface area contributed by atoms with E-state index in [1.165, 1.54) is 25.3 Å². The van der Waals surface area contributed by atoms with Gasteiger partial charge in [0.05, 0.1) is 17.7 Å². The number of primary sulfonamides is 1. The van der Waals surface area contributed by atoms with E-state index in [9.17, 15) is 13.2 Å². The number of halogens is 1. The lowest BCUT2D eigenvalue weighted by atomic mass is 10.2. The molecule has 0 atom stereocenters. The Hall–Kier alpha value is -1.11. The highest BCUT2D eigenvalue weighted by atomic mass is 35.5. The molecule has 0 unspecified atom stereocenters. The molecule has 0 saturated carbocycles. The Balaban J connectivity index is 3.43. The van der Waals surface area contributed by atoms with Crippen LogP contribution in [0.2, 0.25) is 5.02 Å². The fourth-order valence-electron chi connectivity index (χ4n) is 0.998. The third kappa shape index (κ3) is 2.47. The highest BCUT2D eigenvalue weighted by Crippen LogP contribution is 2.24. The molecule has 0 radical (unpaired) electrons. The number of ether oxygens (including phenoxy) is 1. The third-order valence-corrected chi connectivity index (χ3v) is 3.15. The summed E-state index contributed by atoms with van der Waals surface area (Å²) in [5, 5.41) is 4.67. The second-order valence-electron chi connectivity index (χ2n) is 2.65. The molecule has 15 heavy (non-hydrogen) atoms. The summed E-state index contributed by atoms with van der Waals surface area (Å²) in [5.41, 5.74) is -0.0364. The zero-order valence-corrected chi connectivity index (χ0v) is 9.30. The molecule has 1 aromatic carbocycles. The van der Waals surface area contributed by atoms with Crippen molar-refractivity contribution in [3.05, 3.63) is 28.8 Å². The van der Waals surface area contributed by atoms with Crippen molar-refractivity contribution in [1.82, 2.24) is 0 Å². The Morgan fingerprint density at radius 3 is 2.53 bits per heavy atom. The zero-order chi connectivity index (χ0) is 11.6. The third-order valence-electron chi connectivity index (χ3n) is 1.68. The van der Waals surface area contributed by atoms with Crippen LogP contribution in [0, 0.1) is 0 Å². The lowest BCUT2D eigenvalue weighted by molar-refractivity contribution is 0.0600. The van der Waals surface area contributed by atoms with Crippen LogP contribution in [0.5, 0.6) is 0 Å². The van der Waals surface area contributed by atoms with Crippen LogP contribution in [0.25, 0.3) is 0 Å². The smallest absolute Gasteiger partial charge is 0.339 e. The lowest BCUT2D eigenvalue weighted by Crippen LogP contribution is -2.14. The van der Waals surface area contributed by atoms with Crippen LogP contribution in [-0.2, 0) is 14.8 Å². The summed E-state index contributed by atoms with van der Waals surface area (Å²) in [6.07, 6.45) is 0. The van der Waals surface area contributed by atoms with Crippen LogP contribution in [0.4, 0.5) is 0 Å². The fraction of sp³-hybridized carbons (Fsp3) is 0.125. The van der Waals surface area contributed by atoms with Gasteiger partial charge in [-0.1, -0.05) is 17.7 Å². The molecule has 82 valence electrons. The van der Waals surface area contributed by atoms with E-state index in [2.05, 4.69) is 4.74 Å². The average molecular weight is 250 g/mol. The summed E-state index contributed by atoms with van der Waals surface area (Å²) in [6.45, 7) is 0. The summed E-state index contributed by atoms with van der Waals surface area (Å²) in [4.78, 5) is 10.9. The van der Waals surface area contributed by atoms with Crippen LogP contribution < -0.4 is 5.14 Å². The summed E-state index contributed by atoms with van der Waals surface area (Å²) in [7, 11) is -2.77. The predicted octanol–water partition coefficient (Wildman–Crippen LogP) is 0.774. The van der Waals surface area contributed by atoms with Gasteiger partial charge >= 0.3 is 5.97 Å². The minimum Gasteiger partial charge on any atom is -0.465 e. The fourth-order valence-corrected chi connectivity index (χ4v) is 2.15. The van der Waals surface area contributed by atoms with Gasteiger partial charge in [0.2, 0.25) is 10.0 Å². The van der Waals surface area contributed by atoms with Gasteiger partial charge in [-0.05, 0) is 12.1 Å². The van der Waals surface area contributed by atoms with Crippen LogP contribution in [-0.4, -0.2) is 21.5 Å². The van der Waals surface area contributed by atoms with E-state index in [1.807, 2.05) is 0 Å². The van der Waals surface area contributed by atoms with Crippen LogP contribution in [0.3, 0.4) is 0 Å². The number of rotatable bonds is 2. The Labute approximate surface area is 91.8 Å². The lowest BCUT2D eigenvalue weighted by Gasteiger charge is -2.05. The minimum absolute atomic E-state index is 0.0364. The molecule has 0 amide bonds. The van der Waals surface area contributed by atoms with Crippen LogP contribution in [0.1, 0.15) is 10.4 Å². The molecule has 0 saturated heterocycles. The monoisotopic (exact) mass is 249 g/mol. The first-order valence-electron chi connectivity index (χ1n) is 3.77. The molecule has 0 bridgehead atoms. The molecule has 5 nitrogen and oxygen atoms in total. The number of carbonyl (C=O) groups is 1. The maximum atomic E-state index is 11.2. The molecule has 0 heterocycles. The van der Waals surface area contributed by atoms with Crippen molar-refractivity contribution in [3.8, 4) is 0 Å². The summed E-state index contributed by atoms with van der Waals surface area (Å²) in [6, 6.07) is 3.92. The number of hydrogen-bond acceptors (Lipinski definition) is 4. The highest BCUT2D eigenvalue weighted by Gasteiger charge is 2.19. The van der Waals surface area contributed by atoms with E-state index in [0.29, 0.717) is 0 Å². The number of benzene rings is 1. The van der Waals surface area contributed by atoms with Crippen LogP contribution in [0.15, 0.2) is 23.1 Å². The van der Waals surface area contributed by atoms with E-state index < -0.39 is 16.0 Å². The quantitative estimate of drug-likeness (QED) is 0.785. The number of nitrogens with two attached hydrogens (primary N) is 1. The van der Waals surface area contributed by atoms with Gasteiger partial charge in [0.15, 0.2) is 0 Å². The highest BCUT2D eigenvalue weighted by molar-refractivity contribution is 7.89. The largest absolute Gasteiger partial charge is 0.465 e. The van der Waals surface area contributed by atoms with Crippen molar-refractivity contribution in [2.75, 3.05) is 7.11 Å². The molecule has 7 heteroatoms. The van der Waals surface area contributed by atoms with Crippen molar-refractivity contribution < 1.29 is 17.9 Å². The first kappa shape index (κ1) is 12.0. The second-order valence-corrected chi connectivity index (χ2v) is 4.56. The molecule has 1 rings (SSSR count). The molecule has 2 N–H and O–H groups in total. The number of esters is 1. The predicted molar refractivity (Wildman–Crippen MR) is 54.2 cm³/mol. The van der Waals surface area contributed by atoms with Crippen LogP contribution >= 0.6 is 11.6 Å². The molecule has 1 aromatic rings. The summed E-state index contributed by atoms with van der Waals surface area (Å²) >= 11 is 5.71. The molecule has 0 aliphatic carbocycles. The molecule has 0 spiro atoms. The molecule has 0 fully saturated rings. The normalized spacial score (nSPS) is 11.1. The van der Waals surface area contributed by atoms with Gasteiger partial charge < -0.3 is 4.74 Å². The van der Waals surface area contributed by atoms with Crippen molar-refractivity contribution in [2.24, 2.45) is 5.14 Å². The topological polar surface area (TPSA) is 86.5 Å². The van der Waals surface area contributed by atoms with Gasteiger partial charge in [-0.25, -0.2) is 18.4 Å². The van der Waals surface area contributed by atoms with Gasteiger partial charge in [0, 0.05) is 0 Å². The van der Waals surface area contributed by atoms with Crippen molar-refractivity contribution >= 4 is 27.6 Å². The Kier molecular flexibility index (Phi) is 3.33. The van der Waals surface area contributed by atoms with E-state index in [4.69, 9.17) is 16.7 Å². The van der Waals surface area contributed by atoms with Gasteiger partial charge in [-0.3, -0.25) is 0 Å². The Morgan fingerprint density at radius 2 is 2.07 bits per heavy atom. The van der Waals surface area contributed by atoms with Crippen molar-refractivity contribution in [1.29, 1.82) is 0 Å². The minimum atomic E-state index is -3.94. The van der Waals surface area contributed by atoms with Crippen molar-refractivity contribution in [2.45, 2.75) is 4.90 Å². The second kappa shape index (κ2) is 4.18. The summed E-state index contributed by atoms with van der Waals surface area (Å²) < 4.78 is 26.5.